The third-order valence-corrected chi connectivity index (χ3v) is 4.31. The van der Waals surface area contributed by atoms with Gasteiger partial charge in [0.15, 0.2) is 12.1 Å². The SMILES string of the molecule is CCCCCCC(=O)OC(COCCC(C(=O)O)[N+](C)(C)C)COC(=O)CC. The lowest BCUT2D eigenvalue weighted by Gasteiger charge is -2.31. The van der Waals surface area contributed by atoms with E-state index in [-0.39, 0.29) is 42.7 Å². The van der Waals surface area contributed by atoms with Crippen molar-refractivity contribution in [3.8, 4) is 0 Å². The highest BCUT2D eigenvalue weighted by Gasteiger charge is 2.31. The molecule has 8 heteroatoms. The topological polar surface area (TPSA) is 99.1 Å². The summed E-state index contributed by atoms with van der Waals surface area (Å²) in [7, 11) is 5.43. The Morgan fingerprint density at radius 3 is 2.18 bits per heavy atom. The number of likely N-dealkylation sites (N-methyl/N-ethyl adjacent to an activating group) is 1. The molecule has 164 valence electrons. The van der Waals surface area contributed by atoms with E-state index in [0.29, 0.717) is 12.8 Å². The normalized spacial score (nSPS) is 13.6. The fourth-order valence-electron chi connectivity index (χ4n) is 2.60. The predicted octanol–water partition coefficient (Wildman–Crippen LogP) is 2.39. The Morgan fingerprint density at radius 2 is 1.64 bits per heavy atom. The van der Waals surface area contributed by atoms with Crippen LogP contribution in [0.25, 0.3) is 0 Å². The highest BCUT2D eigenvalue weighted by atomic mass is 16.6. The van der Waals surface area contributed by atoms with Crippen LogP contribution in [-0.2, 0) is 28.6 Å². The van der Waals surface area contributed by atoms with Crippen molar-refractivity contribution >= 4 is 17.9 Å². The second-order valence-corrected chi connectivity index (χ2v) is 7.79. The predicted molar refractivity (Wildman–Crippen MR) is 105 cm³/mol. The summed E-state index contributed by atoms with van der Waals surface area (Å²) in [6, 6.07) is -0.600. The number of carboxylic acids is 1. The lowest BCUT2D eigenvalue weighted by Crippen LogP contribution is -2.50. The summed E-state index contributed by atoms with van der Waals surface area (Å²) in [4.78, 5) is 34.8. The van der Waals surface area contributed by atoms with Gasteiger partial charge in [0, 0.05) is 19.3 Å². The number of carbonyl (C=O) groups is 3. The number of ether oxygens (including phenoxy) is 3. The van der Waals surface area contributed by atoms with Crippen LogP contribution < -0.4 is 0 Å². The number of nitrogens with zero attached hydrogens (tertiary/aromatic N) is 1. The summed E-state index contributed by atoms with van der Waals surface area (Å²) < 4.78 is 16.3. The van der Waals surface area contributed by atoms with Gasteiger partial charge in [0.25, 0.3) is 0 Å². The van der Waals surface area contributed by atoms with Gasteiger partial charge in [-0.3, -0.25) is 9.59 Å². The van der Waals surface area contributed by atoms with Gasteiger partial charge in [0.2, 0.25) is 0 Å². The van der Waals surface area contributed by atoms with Crippen molar-refractivity contribution in [1.82, 2.24) is 0 Å². The maximum absolute atomic E-state index is 12.0. The summed E-state index contributed by atoms with van der Waals surface area (Å²) in [6.07, 6.45) is 4.09. The highest BCUT2D eigenvalue weighted by molar-refractivity contribution is 5.72. The monoisotopic (exact) mass is 404 g/mol. The number of carboxylic acid groups (broad SMARTS) is 1. The molecule has 1 N–H and O–H groups in total. The van der Waals surface area contributed by atoms with Crippen LogP contribution >= 0.6 is 0 Å². The van der Waals surface area contributed by atoms with Crippen LogP contribution in [0.15, 0.2) is 0 Å². The zero-order valence-electron chi connectivity index (χ0n) is 18.1. The number of rotatable bonds is 16. The Kier molecular flexibility index (Phi) is 13.5. The molecule has 0 aliphatic carbocycles. The Bertz CT molecular complexity index is 474. The fraction of sp³-hybridized carbons (Fsp3) is 0.850. The number of esters is 2. The third-order valence-electron chi connectivity index (χ3n) is 4.31. The van der Waals surface area contributed by atoms with E-state index in [1.54, 1.807) is 6.92 Å². The van der Waals surface area contributed by atoms with E-state index in [0.717, 1.165) is 25.7 Å². The van der Waals surface area contributed by atoms with Crippen LogP contribution in [0, 0.1) is 0 Å². The van der Waals surface area contributed by atoms with Crippen molar-refractivity contribution in [1.29, 1.82) is 0 Å². The molecule has 0 radical (unpaired) electrons. The zero-order valence-corrected chi connectivity index (χ0v) is 18.1. The largest absolute Gasteiger partial charge is 0.477 e. The molecule has 0 aliphatic heterocycles. The van der Waals surface area contributed by atoms with Gasteiger partial charge in [0.05, 0.1) is 34.4 Å². The van der Waals surface area contributed by atoms with Gasteiger partial charge in [-0.1, -0.05) is 33.1 Å². The van der Waals surface area contributed by atoms with E-state index in [9.17, 15) is 19.5 Å². The van der Waals surface area contributed by atoms with Crippen molar-refractivity contribution in [3.63, 3.8) is 0 Å². The average molecular weight is 405 g/mol. The molecule has 2 atom stereocenters. The fourth-order valence-corrected chi connectivity index (χ4v) is 2.60. The first kappa shape index (κ1) is 26.3. The van der Waals surface area contributed by atoms with Crippen LogP contribution in [0.2, 0.25) is 0 Å². The molecule has 0 fully saturated rings. The molecule has 0 bridgehead atoms. The van der Waals surface area contributed by atoms with Gasteiger partial charge in [-0.05, 0) is 6.42 Å². The van der Waals surface area contributed by atoms with E-state index in [2.05, 4.69) is 6.92 Å². The van der Waals surface area contributed by atoms with E-state index in [4.69, 9.17) is 14.2 Å². The third kappa shape index (κ3) is 12.7. The maximum Gasteiger partial charge on any atom is 0.362 e. The van der Waals surface area contributed by atoms with Gasteiger partial charge >= 0.3 is 17.9 Å². The van der Waals surface area contributed by atoms with Crippen molar-refractivity contribution in [3.05, 3.63) is 0 Å². The van der Waals surface area contributed by atoms with Gasteiger partial charge in [0.1, 0.15) is 6.61 Å². The number of aliphatic carboxylic acids is 1. The summed E-state index contributed by atoms with van der Waals surface area (Å²) in [5.41, 5.74) is 0. The number of hydrogen-bond acceptors (Lipinski definition) is 6. The Balaban J connectivity index is 4.49. The second-order valence-electron chi connectivity index (χ2n) is 7.79. The summed E-state index contributed by atoms with van der Waals surface area (Å²) in [5.74, 6) is -1.60. The number of hydrogen-bond donors (Lipinski definition) is 1. The second kappa shape index (κ2) is 14.3. The molecule has 28 heavy (non-hydrogen) atoms. The maximum atomic E-state index is 12.0. The average Bonchev–Trinajstić information content (AvgIpc) is 2.60. The molecule has 0 saturated carbocycles. The van der Waals surface area contributed by atoms with Gasteiger partial charge < -0.3 is 23.8 Å². The number of carbonyl (C=O) groups excluding carboxylic acids is 2. The minimum atomic E-state index is -0.886. The van der Waals surface area contributed by atoms with E-state index in [1.807, 2.05) is 21.1 Å². The molecular formula is C20H38NO7+. The summed E-state index contributed by atoms with van der Waals surface area (Å²) in [6.45, 7) is 3.98. The Hall–Kier alpha value is -1.67. The molecule has 0 aromatic rings. The van der Waals surface area contributed by atoms with E-state index >= 15 is 0 Å². The van der Waals surface area contributed by atoms with Gasteiger partial charge in [-0.2, -0.15) is 0 Å². The van der Waals surface area contributed by atoms with Gasteiger partial charge in [-0.25, -0.2) is 4.79 Å². The van der Waals surface area contributed by atoms with E-state index in [1.165, 1.54) is 0 Å². The van der Waals surface area contributed by atoms with Crippen molar-refractivity contribution in [2.45, 2.75) is 70.9 Å². The molecule has 0 amide bonds. The number of quaternary nitrogens is 1. The highest BCUT2D eigenvalue weighted by Crippen LogP contribution is 2.10. The smallest absolute Gasteiger partial charge is 0.362 e. The van der Waals surface area contributed by atoms with Crippen LogP contribution in [0.5, 0.6) is 0 Å². The van der Waals surface area contributed by atoms with Crippen molar-refractivity contribution in [2.75, 3.05) is 41.0 Å². The molecule has 0 saturated heterocycles. The van der Waals surface area contributed by atoms with Gasteiger partial charge in [-0.15, -0.1) is 0 Å². The Morgan fingerprint density at radius 1 is 0.964 bits per heavy atom. The lowest BCUT2D eigenvalue weighted by molar-refractivity contribution is -0.887. The summed E-state index contributed by atoms with van der Waals surface area (Å²) in [5, 5.41) is 9.33. The molecule has 0 aliphatic rings. The minimum absolute atomic E-state index is 0.0567. The first-order valence-electron chi connectivity index (χ1n) is 10.1. The first-order chi connectivity index (χ1) is 13.1. The zero-order chi connectivity index (χ0) is 21.6. The summed E-state index contributed by atoms with van der Waals surface area (Å²) >= 11 is 0. The van der Waals surface area contributed by atoms with Crippen LogP contribution in [0.1, 0.15) is 58.8 Å². The molecule has 0 aromatic carbocycles. The van der Waals surface area contributed by atoms with Crippen LogP contribution in [0.4, 0.5) is 0 Å². The first-order valence-corrected chi connectivity index (χ1v) is 10.1. The number of unbranched alkanes of at least 4 members (excludes halogenated alkanes) is 3. The van der Waals surface area contributed by atoms with E-state index < -0.39 is 18.1 Å². The molecule has 0 aromatic heterocycles. The van der Waals surface area contributed by atoms with Crippen LogP contribution in [-0.4, -0.2) is 80.6 Å². The quantitative estimate of drug-likeness (QED) is 0.239. The van der Waals surface area contributed by atoms with Crippen molar-refractivity contribution in [2.24, 2.45) is 0 Å². The van der Waals surface area contributed by atoms with Crippen molar-refractivity contribution < 1.29 is 38.2 Å². The molecule has 2 unspecified atom stereocenters. The molecule has 0 rings (SSSR count). The molecular weight excluding hydrogens is 366 g/mol. The lowest BCUT2D eigenvalue weighted by atomic mass is 10.1. The minimum Gasteiger partial charge on any atom is -0.477 e. The molecule has 0 heterocycles. The Labute approximate surface area is 168 Å². The molecule has 8 nitrogen and oxygen atoms in total. The molecule has 0 spiro atoms. The standard InChI is InChI=1S/C20H37NO7/c1-6-8-9-10-11-19(23)28-16(15-27-18(22)7-2)14-26-13-12-17(20(24)25)21(3,4)5/h16-17H,6-15H2,1-5H3/p+1. The van der Waals surface area contributed by atoms with Crippen LogP contribution in [0.3, 0.4) is 0 Å².